The highest BCUT2D eigenvalue weighted by atomic mass is 35.5. The molecule has 34 heavy (non-hydrogen) atoms. The van der Waals surface area contributed by atoms with Gasteiger partial charge in [-0.15, -0.1) is 0 Å². The lowest BCUT2D eigenvalue weighted by Gasteiger charge is -2.15. The molecule has 1 fully saturated rings. The fraction of sp³-hybridized carbons (Fsp3) is 0.250. The minimum Gasteiger partial charge on any atom is -0.383 e. The summed E-state index contributed by atoms with van der Waals surface area (Å²) in [6.45, 7) is 6.42. The molecule has 0 radical (unpaired) electrons. The minimum absolute atomic E-state index is 0.0986. The van der Waals surface area contributed by atoms with Crippen LogP contribution in [0.15, 0.2) is 53.8 Å². The largest absolute Gasteiger partial charge is 0.383 e. The third-order valence-electron chi connectivity index (χ3n) is 5.67. The molecule has 0 bridgehead atoms. The van der Waals surface area contributed by atoms with Crippen molar-refractivity contribution in [1.82, 2.24) is 20.2 Å². The molecule has 6 nitrogen and oxygen atoms in total. The second-order valence-corrected chi connectivity index (χ2v) is 8.88. The first-order valence-corrected chi connectivity index (χ1v) is 11.5. The Labute approximate surface area is 206 Å². The number of benzene rings is 2. The number of halogens is 4. The Morgan fingerprint density at radius 2 is 2.06 bits per heavy atom. The van der Waals surface area contributed by atoms with Crippen LogP contribution in [0.3, 0.4) is 0 Å². The van der Waals surface area contributed by atoms with E-state index >= 15 is 0 Å². The van der Waals surface area contributed by atoms with E-state index in [1.54, 1.807) is 18.2 Å². The zero-order valence-corrected chi connectivity index (χ0v) is 19.8. The average Bonchev–Trinajstić information content (AvgIpc) is 3.41. The van der Waals surface area contributed by atoms with Crippen LogP contribution >= 0.6 is 23.2 Å². The van der Waals surface area contributed by atoms with Crippen molar-refractivity contribution >= 4 is 35.2 Å². The summed E-state index contributed by atoms with van der Waals surface area (Å²) < 4.78 is 28.8. The Kier molecular flexibility index (Phi) is 7.50. The van der Waals surface area contributed by atoms with E-state index in [1.807, 2.05) is 4.57 Å². The maximum Gasteiger partial charge on any atom is 0.145 e. The molecule has 2 aromatic carbocycles. The highest BCUT2D eigenvalue weighted by molar-refractivity contribution is 6.39. The SMILES string of the molecule is C=C(N=Cc1nc(-c2c(Cl)cccc2Cl)n(C[C@H]2CCNC2)c1N)NCc1ccc(F)cc1F. The van der Waals surface area contributed by atoms with E-state index in [0.29, 0.717) is 51.0 Å². The Morgan fingerprint density at radius 1 is 1.29 bits per heavy atom. The molecule has 0 unspecified atom stereocenters. The highest BCUT2D eigenvalue weighted by Crippen LogP contribution is 2.36. The number of aliphatic imine (C=N–C) groups is 1. The van der Waals surface area contributed by atoms with Gasteiger partial charge < -0.3 is 20.9 Å². The molecular formula is C24H24Cl2F2N6. The predicted molar refractivity (Wildman–Crippen MR) is 133 cm³/mol. The molecule has 0 spiro atoms. The summed E-state index contributed by atoms with van der Waals surface area (Å²) in [6.07, 6.45) is 2.51. The van der Waals surface area contributed by atoms with E-state index in [0.717, 1.165) is 25.6 Å². The summed E-state index contributed by atoms with van der Waals surface area (Å²) in [5, 5.41) is 7.20. The van der Waals surface area contributed by atoms with E-state index < -0.39 is 11.6 Å². The number of nitrogens with two attached hydrogens (primary N) is 1. The number of imidazole rings is 1. The molecule has 1 atom stereocenters. The summed E-state index contributed by atoms with van der Waals surface area (Å²) >= 11 is 12.9. The first-order valence-electron chi connectivity index (χ1n) is 10.8. The summed E-state index contributed by atoms with van der Waals surface area (Å²) in [6, 6.07) is 8.67. The normalized spacial score (nSPS) is 15.8. The van der Waals surface area contributed by atoms with Crippen LogP contribution in [0.25, 0.3) is 11.4 Å². The topological polar surface area (TPSA) is 80.3 Å². The maximum absolute atomic E-state index is 13.8. The fourth-order valence-corrected chi connectivity index (χ4v) is 4.41. The van der Waals surface area contributed by atoms with Gasteiger partial charge in [-0.25, -0.2) is 18.8 Å². The van der Waals surface area contributed by atoms with Gasteiger partial charge in [0.25, 0.3) is 0 Å². The summed E-state index contributed by atoms with van der Waals surface area (Å²) in [4.78, 5) is 8.97. The van der Waals surface area contributed by atoms with Gasteiger partial charge in [0, 0.05) is 24.7 Å². The number of aromatic nitrogens is 2. The van der Waals surface area contributed by atoms with Gasteiger partial charge in [-0.3, -0.25) is 0 Å². The molecule has 1 aromatic heterocycles. The van der Waals surface area contributed by atoms with Crippen LogP contribution in [0, 0.1) is 17.6 Å². The standard InChI is InChI=1S/C24H24Cl2F2N6/c1-14(31-11-16-5-6-17(27)9-20(16)28)32-12-21-23(29)34(13-15-7-8-30-10-15)24(33-21)22-18(25)3-2-4-19(22)26/h2-6,9,12,15,30-31H,1,7-8,10-11,13,29H2/t15-/m0/s1. The molecule has 3 aromatic rings. The molecule has 0 saturated carbocycles. The molecule has 1 aliphatic heterocycles. The number of nitrogen functional groups attached to an aromatic ring is 1. The predicted octanol–water partition coefficient (Wildman–Crippen LogP) is 5.01. The molecule has 0 amide bonds. The van der Waals surface area contributed by atoms with Crippen molar-refractivity contribution in [3.63, 3.8) is 0 Å². The second kappa shape index (κ2) is 10.5. The number of hydrogen-bond donors (Lipinski definition) is 3. The van der Waals surface area contributed by atoms with Gasteiger partial charge in [0.15, 0.2) is 0 Å². The van der Waals surface area contributed by atoms with Gasteiger partial charge in [0.1, 0.15) is 34.8 Å². The molecule has 4 N–H and O–H groups in total. The number of hydrogen-bond acceptors (Lipinski definition) is 5. The van der Waals surface area contributed by atoms with Gasteiger partial charge in [-0.05, 0) is 43.6 Å². The van der Waals surface area contributed by atoms with Gasteiger partial charge in [-0.2, -0.15) is 0 Å². The van der Waals surface area contributed by atoms with Crippen LogP contribution in [0.2, 0.25) is 10.0 Å². The molecule has 10 heteroatoms. The van der Waals surface area contributed by atoms with E-state index in [-0.39, 0.29) is 12.4 Å². The molecule has 2 heterocycles. The van der Waals surface area contributed by atoms with Crippen molar-refractivity contribution in [2.24, 2.45) is 10.9 Å². The van der Waals surface area contributed by atoms with Crippen molar-refractivity contribution in [1.29, 1.82) is 0 Å². The van der Waals surface area contributed by atoms with Crippen molar-refractivity contribution in [2.75, 3.05) is 18.8 Å². The van der Waals surface area contributed by atoms with Gasteiger partial charge in [0.05, 0.1) is 21.8 Å². The number of nitrogens with one attached hydrogen (secondary N) is 2. The first kappa shape index (κ1) is 24.2. The molecule has 0 aliphatic carbocycles. The van der Waals surface area contributed by atoms with Crippen LogP contribution in [-0.2, 0) is 13.1 Å². The van der Waals surface area contributed by atoms with E-state index in [2.05, 4.69) is 27.2 Å². The van der Waals surface area contributed by atoms with Crippen molar-refractivity contribution < 1.29 is 8.78 Å². The third-order valence-corrected chi connectivity index (χ3v) is 6.30. The zero-order chi connectivity index (χ0) is 24.2. The third kappa shape index (κ3) is 5.41. The van der Waals surface area contributed by atoms with Gasteiger partial charge in [-0.1, -0.05) is 41.9 Å². The molecular weight excluding hydrogens is 481 g/mol. The van der Waals surface area contributed by atoms with E-state index in [9.17, 15) is 8.78 Å². The Bertz CT molecular complexity index is 1210. The second-order valence-electron chi connectivity index (χ2n) is 8.07. The summed E-state index contributed by atoms with van der Waals surface area (Å²) in [7, 11) is 0. The fourth-order valence-electron chi connectivity index (χ4n) is 3.84. The van der Waals surface area contributed by atoms with Gasteiger partial charge in [0.2, 0.25) is 0 Å². The molecule has 1 saturated heterocycles. The molecule has 1 aliphatic rings. The number of anilines is 1. The lowest BCUT2D eigenvalue weighted by atomic mass is 10.1. The Hall–Kier alpha value is -2.94. The van der Waals surface area contributed by atoms with E-state index in [1.165, 1.54) is 18.3 Å². The van der Waals surface area contributed by atoms with Crippen molar-refractivity contribution in [3.05, 3.63) is 81.7 Å². The quantitative estimate of drug-likeness (QED) is 0.376. The molecule has 178 valence electrons. The minimum atomic E-state index is -0.644. The zero-order valence-electron chi connectivity index (χ0n) is 18.3. The van der Waals surface area contributed by atoms with Crippen LogP contribution in [0.1, 0.15) is 17.7 Å². The van der Waals surface area contributed by atoms with Crippen molar-refractivity contribution in [2.45, 2.75) is 19.5 Å². The van der Waals surface area contributed by atoms with Crippen LogP contribution < -0.4 is 16.4 Å². The van der Waals surface area contributed by atoms with Crippen LogP contribution in [0.5, 0.6) is 0 Å². The smallest absolute Gasteiger partial charge is 0.145 e. The average molecular weight is 505 g/mol. The van der Waals surface area contributed by atoms with Gasteiger partial charge >= 0.3 is 0 Å². The summed E-state index contributed by atoms with van der Waals surface area (Å²) in [5.74, 6) is 0.382. The summed E-state index contributed by atoms with van der Waals surface area (Å²) in [5.41, 5.74) is 7.81. The highest BCUT2D eigenvalue weighted by Gasteiger charge is 2.23. The first-order chi connectivity index (χ1) is 16.3. The number of nitrogens with zero attached hydrogens (tertiary/aromatic N) is 3. The van der Waals surface area contributed by atoms with Crippen LogP contribution in [0.4, 0.5) is 14.6 Å². The Morgan fingerprint density at radius 3 is 2.74 bits per heavy atom. The van der Waals surface area contributed by atoms with Crippen molar-refractivity contribution in [3.8, 4) is 11.4 Å². The van der Waals surface area contributed by atoms with Crippen LogP contribution in [-0.4, -0.2) is 28.9 Å². The lowest BCUT2D eigenvalue weighted by molar-refractivity contribution is 0.488. The monoisotopic (exact) mass is 504 g/mol. The molecule has 4 rings (SSSR count). The number of rotatable bonds is 8. The maximum atomic E-state index is 13.8. The lowest BCUT2D eigenvalue weighted by Crippen LogP contribution is -2.17. The van der Waals surface area contributed by atoms with E-state index in [4.69, 9.17) is 28.9 Å². The Balaban J connectivity index is 1.58.